The molecule has 29 nitrogen and oxygen atoms in total. The molecule has 83 heavy (non-hydrogen) atoms. The molecule has 0 bridgehead atoms. The Morgan fingerprint density at radius 2 is 1.51 bits per heavy atom. The second-order valence-corrected chi connectivity index (χ2v) is 23.2. The largest absolute Gasteiger partial charge is 0.506 e. The standard InChI is InChI=1S/C52H84ClN7O22S/c1-13-21(3)37-48(72)54-18-35(66)55-26(8)38(49(73)60-40(51(75)58-37)30-16-32(82-83(76,77)78)24(6)42(68)36(30)53)59-47(71)27(9)56-50(74)39(28(10)62)57-34(65)17-31(64)22(4)14-20(2)15-23(5)41(67)25(7)45(29(11)63)81-52-44(70)43(69)46(79-12)33(19-61)80-52/h16,20-23,25-29,33,37-41,43-46,52,61-63,67-70H,13-15,17-19H2,1-12H3,(H,54,72)(H,55,66)(H,56,74)(H,57,65)(H,58,75)(H,59,71)(H,60,73)(H,76,77,78)/t20?,21-,22?,23?,25?,26+,27-,28+,29?,33+,37-,38+,39+,40+,41?,43+,44+,45?,46+,52?/m0/s1. The highest BCUT2D eigenvalue weighted by molar-refractivity contribution is 7.81. The molecular weight excluding hydrogens is 1140 g/mol. The van der Waals surface area contributed by atoms with Gasteiger partial charge in [-0.05, 0) is 71.3 Å². The zero-order valence-electron chi connectivity index (χ0n) is 48.4. The number of carbonyl (C=O) groups excluding carboxylic acids is 8. The van der Waals surface area contributed by atoms with E-state index in [-0.39, 0.29) is 17.9 Å². The third kappa shape index (κ3) is 19.8. The number of methoxy groups -OCH3 is 1. The van der Waals surface area contributed by atoms with Gasteiger partial charge in [0.1, 0.15) is 66.2 Å². The van der Waals surface area contributed by atoms with E-state index < -0.39 is 214 Å². The van der Waals surface area contributed by atoms with Crippen molar-refractivity contribution in [2.75, 3.05) is 20.3 Å². The Bertz CT molecular complexity index is 2560. The third-order valence-electron chi connectivity index (χ3n) is 15.0. The minimum Gasteiger partial charge on any atom is -0.506 e. The van der Waals surface area contributed by atoms with Crippen LogP contribution >= 0.6 is 11.6 Å². The summed E-state index contributed by atoms with van der Waals surface area (Å²) in [4.78, 5) is 109. The van der Waals surface area contributed by atoms with Crippen LogP contribution in [-0.4, -0.2) is 201 Å². The number of aliphatic hydroxyl groups excluding tert-OH is 6. The van der Waals surface area contributed by atoms with Gasteiger partial charge in [0.25, 0.3) is 0 Å². The number of hydrogen-bond donors (Lipinski definition) is 15. The molecule has 7 amide bonds. The van der Waals surface area contributed by atoms with Crippen LogP contribution in [0.3, 0.4) is 0 Å². The molecule has 1 aromatic carbocycles. The predicted octanol–water partition coefficient (Wildman–Crippen LogP) is -2.42. The molecule has 0 radical (unpaired) electrons. The van der Waals surface area contributed by atoms with Crippen LogP contribution in [0.2, 0.25) is 5.02 Å². The second kappa shape index (κ2) is 31.7. The number of halogens is 1. The summed E-state index contributed by atoms with van der Waals surface area (Å²) in [7, 11) is -3.99. The fraction of sp³-hybridized carbons (Fsp3) is 0.731. The van der Waals surface area contributed by atoms with Crippen LogP contribution in [0.25, 0.3) is 0 Å². The SMILES string of the molecule is CC[C@H](C)[C@@H]1NC(=O)[C@@H](c2cc(OS(=O)(=O)O)c(C)c(O)c2Cl)NC(=O)[C@H](NC(=O)[C@H](C)NC(=O)[C@H](NC(=O)CC(=O)C(C)CC(C)CC(C)C(O)C(C)C(OC2O[C@H](CO)[C@@H](OC)[C@H](O)[C@H]2O)C(C)O)[C@@H](C)O)[C@@H](C)NC(=O)CNC1=O. The monoisotopic (exact) mass is 1230 g/mol. The molecule has 0 aliphatic carbocycles. The van der Waals surface area contributed by atoms with Crippen LogP contribution in [-0.2, 0) is 63.0 Å². The Morgan fingerprint density at radius 3 is 2.06 bits per heavy atom. The van der Waals surface area contributed by atoms with E-state index in [0.29, 0.717) is 12.8 Å². The van der Waals surface area contributed by atoms with Crippen molar-refractivity contribution < 1.29 is 105 Å². The van der Waals surface area contributed by atoms with Crippen LogP contribution in [0.5, 0.6) is 11.5 Å². The van der Waals surface area contributed by atoms with E-state index in [1.807, 2.05) is 6.92 Å². The Labute approximate surface area is 487 Å². The lowest BCUT2D eigenvalue weighted by Crippen LogP contribution is -2.62. The first-order valence-electron chi connectivity index (χ1n) is 27.1. The number of aromatic hydroxyl groups is 1. The van der Waals surface area contributed by atoms with Crippen molar-refractivity contribution in [3.63, 3.8) is 0 Å². The summed E-state index contributed by atoms with van der Waals surface area (Å²) in [6, 6.07) is -9.16. The van der Waals surface area contributed by atoms with E-state index in [2.05, 4.69) is 41.4 Å². The summed E-state index contributed by atoms with van der Waals surface area (Å²) in [5.74, 6) is -12.2. The Kier molecular flexibility index (Phi) is 27.4. The van der Waals surface area contributed by atoms with Crippen molar-refractivity contribution in [3.8, 4) is 11.5 Å². The normalized spacial score (nSPS) is 27.0. The molecule has 8 unspecified atom stereocenters. The van der Waals surface area contributed by atoms with Crippen LogP contribution in [0.4, 0.5) is 0 Å². The van der Waals surface area contributed by atoms with E-state index >= 15 is 0 Å². The van der Waals surface area contributed by atoms with E-state index in [0.717, 1.165) is 26.8 Å². The molecule has 0 saturated carbocycles. The highest BCUT2D eigenvalue weighted by Crippen LogP contribution is 2.41. The summed E-state index contributed by atoms with van der Waals surface area (Å²) in [6.07, 6.45) is -11.6. The molecule has 3 rings (SSSR count). The summed E-state index contributed by atoms with van der Waals surface area (Å²) < 4.78 is 54.3. The van der Waals surface area contributed by atoms with Gasteiger partial charge in [0.05, 0.1) is 55.1 Å². The first kappa shape index (κ1) is 71.9. The zero-order valence-corrected chi connectivity index (χ0v) is 50.0. The van der Waals surface area contributed by atoms with E-state index in [4.69, 9.17) is 25.8 Å². The number of nitrogens with one attached hydrogen (secondary N) is 7. The van der Waals surface area contributed by atoms with E-state index in [1.165, 1.54) is 21.0 Å². The molecule has 2 saturated heterocycles. The molecule has 15 N–H and O–H groups in total. The van der Waals surface area contributed by atoms with Crippen LogP contribution in [0.15, 0.2) is 6.07 Å². The molecule has 20 atom stereocenters. The summed E-state index contributed by atoms with van der Waals surface area (Å²) in [5.41, 5.74) is -0.854. The van der Waals surface area contributed by atoms with Crippen molar-refractivity contribution in [2.45, 2.75) is 193 Å². The van der Waals surface area contributed by atoms with Crippen molar-refractivity contribution >= 4 is 69.1 Å². The van der Waals surface area contributed by atoms with Crippen molar-refractivity contribution in [1.82, 2.24) is 37.2 Å². The fourth-order valence-electron chi connectivity index (χ4n) is 9.89. The number of amides is 7. The van der Waals surface area contributed by atoms with Crippen molar-refractivity contribution in [2.24, 2.45) is 29.6 Å². The molecule has 2 heterocycles. The minimum atomic E-state index is -5.26. The van der Waals surface area contributed by atoms with Crippen LogP contribution < -0.4 is 41.4 Å². The Hall–Kier alpha value is -5.38. The summed E-state index contributed by atoms with van der Waals surface area (Å²) >= 11 is 6.48. The molecule has 1 aromatic rings. The molecule has 472 valence electrons. The van der Waals surface area contributed by atoms with E-state index in [1.54, 1.807) is 34.6 Å². The van der Waals surface area contributed by atoms with Crippen LogP contribution in [0.1, 0.15) is 112 Å². The molecular formula is C52H84ClN7O22S. The highest BCUT2D eigenvalue weighted by atomic mass is 35.5. The van der Waals surface area contributed by atoms with Crippen molar-refractivity contribution in [3.05, 3.63) is 22.2 Å². The molecule has 2 aliphatic heterocycles. The maximum absolute atomic E-state index is 14.4. The molecule has 0 aromatic heterocycles. The molecule has 2 aliphatic rings. The van der Waals surface area contributed by atoms with Gasteiger partial charge in [-0.15, -0.1) is 0 Å². The van der Waals surface area contributed by atoms with E-state index in [9.17, 15) is 87.1 Å². The van der Waals surface area contributed by atoms with Gasteiger partial charge < -0.3 is 91.4 Å². The molecule has 2 fully saturated rings. The van der Waals surface area contributed by atoms with Gasteiger partial charge in [0, 0.05) is 30.1 Å². The maximum Gasteiger partial charge on any atom is 0.446 e. The molecule has 0 spiro atoms. The third-order valence-corrected chi connectivity index (χ3v) is 15.7. The number of ether oxygens (including phenoxy) is 3. The number of aliphatic hydroxyl groups is 6. The van der Waals surface area contributed by atoms with Gasteiger partial charge in [0.2, 0.25) is 41.4 Å². The average Bonchev–Trinajstić information content (AvgIpc) is 3.65. The Balaban J connectivity index is 1.75. The highest BCUT2D eigenvalue weighted by Gasteiger charge is 2.48. The zero-order chi connectivity index (χ0) is 63.3. The first-order valence-corrected chi connectivity index (χ1v) is 28.9. The topological polar surface area (TPSA) is 454 Å². The lowest BCUT2D eigenvalue weighted by Gasteiger charge is -2.44. The summed E-state index contributed by atoms with van der Waals surface area (Å²) in [5, 5.41) is 90.7. The molecule has 31 heteroatoms. The maximum atomic E-state index is 14.4. The predicted molar refractivity (Wildman–Crippen MR) is 293 cm³/mol. The lowest BCUT2D eigenvalue weighted by molar-refractivity contribution is -0.325. The average molecular weight is 1230 g/mol. The number of carbonyl (C=O) groups is 8. The van der Waals surface area contributed by atoms with Gasteiger partial charge in [-0.25, -0.2) is 0 Å². The summed E-state index contributed by atoms with van der Waals surface area (Å²) in [6.45, 7) is 14.9. The number of benzene rings is 1. The Morgan fingerprint density at radius 1 is 0.880 bits per heavy atom. The fourth-order valence-corrected chi connectivity index (χ4v) is 10.6. The quantitative estimate of drug-likeness (QED) is 0.0339. The number of rotatable bonds is 26. The smallest absolute Gasteiger partial charge is 0.446 e. The van der Waals surface area contributed by atoms with Gasteiger partial charge >= 0.3 is 10.4 Å². The second-order valence-electron chi connectivity index (χ2n) is 21.8. The van der Waals surface area contributed by atoms with Gasteiger partial charge in [-0.1, -0.05) is 59.6 Å². The van der Waals surface area contributed by atoms with Gasteiger partial charge in [-0.2, -0.15) is 8.42 Å². The number of ketones is 1. The number of hydrogen-bond acceptors (Lipinski definition) is 21. The van der Waals surface area contributed by atoms with Gasteiger partial charge in [0.15, 0.2) is 12.0 Å². The van der Waals surface area contributed by atoms with Crippen molar-refractivity contribution in [1.29, 1.82) is 0 Å². The minimum absolute atomic E-state index is 0.227. The number of phenolic OH excluding ortho intramolecular Hbond substituents is 1. The first-order chi connectivity index (χ1) is 38.5. The van der Waals surface area contributed by atoms with Gasteiger partial charge in [-0.3, -0.25) is 42.9 Å². The number of phenols is 1. The number of Topliss-reactive ketones (excluding diaryl/α,β-unsaturated/α-hetero) is 1. The lowest BCUT2D eigenvalue weighted by atomic mass is 9.80. The van der Waals surface area contributed by atoms with Crippen LogP contribution in [0, 0.1) is 36.5 Å².